The molecule has 1 saturated heterocycles. The minimum Gasteiger partial charge on any atom is -0.468 e. The lowest BCUT2D eigenvalue weighted by atomic mass is 9.80. The number of esters is 1. The number of ether oxygens (including phenoxy) is 1. The quantitative estimate of drug-likeness (QED) is 0.418. The molecule has 1 aliphatic rings. The van der Waals surface area contributed by atoms with E-state index in [9.17, 15) is 9.59 Å². The van der Waals surface area contributed by atoms with Crippen molar-refractivity contribution in [1.82, 2.24) is 4.90 Å². The number of nitrogens with zero attached hydrogens (tertiary/aromatic N) is 1. The Bertz CT molecular complexity index is 293. The van der Waals surface area contributed by atoms with Gasteiger partial charge < -0.3 is 9.64 Å². The lowest BCUT2D eigenvalue weighted by molar-refractivity contribution is -0.179. The Balaban J connectivity index is 2.85. The van der Waals surface area contributed by atoms with Gasteiger partial charge in [0.05, 0.1) is 13.2 Å². The highest BCUT2D eigenvalue weighted by molar-refractivity contribution is 6.03. The zero-order valence-electron chi connectivity index (χ0n) is 10.7. The summed E-state index contributed by atoms with van der Waals surface area (Å²) in [5.74, 6) is -1.08. The minimum atomic E-state index is -0.579. The summed E-state index contributed by atoms with van der Waals surface area (Å²) in [6.45, 7) is 8.02. The van der Waals surface area contributed by atoms with Crippen LogP contribution in [0.1, 0.15) is 40.5 Å². The normalized spacial score (nSPS) is 25.3. The third-order valence-corrected chi connectivity index (χ3v) is 2.98. The summed E-state index contributed by atoms with van der Waals surface area (Å²) in [4.78, 5) is 25.2. The molecule has 1 heterocycles. The molecule has 1 aliphatic heterocycles. The molecule has 92 valence electrons. The van der Waals surface area contributed by atoms with Crippen LogP contribution in [0.2, 0.25) is 0 Å². The molecule has 16 heavy (non-hydrogen) atoms. The summed E-state index contributed by atoms with van der Waals surface area (Å²) in [6, 6.07) is 0.00458. The molecule has 0 aliphatic carbocycles. The van der Waals surface area contributed by atoms with E-state index in [1.165, 1.54) is 7.11 Å². The lowest BCUT2D eigenvalue weighted by Gasteiger charge is -2.52. The van der Waals surface area contributed by atoms with Crippen molar-refractivity contribution < 1.29 is 14.3 Å². The van der Waals surface area contributed by atoms with E-state index < -0.39 is 11.9 Å². The Morgan fingerprint density at radius 1 is 1.44 bits per heavy atom. The predicted molar refractivity (Wildman–Crippen MR) is 60.8 cm³/mol. The van der Waals surface area contributed by atoms with Crippen molar-refractivity contribution in [3.63, 3.8) is 0 Å². The Morgan fingerprint density at radius 3 is 2.38 bits per heavy atom. The maximum Gasteiger partial charge on any atom is 0.320 e. The monoisotopic (exact) mass is 227 g/mol. The highest BCUT2D eigenvalue weighted by atomic mass is 16.5. The van der Waals surface area contributed by atoms with Gasteiger partial charge in [0.1, 0.15) is 0 Å². The fourth-order valence-electron chi connectivity index (χ4n) is 2.35. The van der Waals surface area contributed by atoms with Crippen LogP contribution in [0, 0.1) is 5.92 Å². The Labute approximate surface area is 96.9 Å². The van der Waals surface area contributed by atoms with Crippen molar-refractivity contribution in [2.75, 3.05) is 7.11 Å². The molecule has 0 aromatic rings. The Morgan fingerprint density at radius 2 is 2.00 bits per heavy atom. The fraction of sp³-hybridized carbons (Fsp3) is 0.833. The highest BCUT2D eigenvalue weighted by Crippen LogP contribution is 2.36. The number of methoxy groups -OCH3 is 1. The average Bonchev–Trinajstić information content (AvgIpc) is 2.14. The first-order valence-corrected chi connectivity index (χ1v) is 5.75. The van der Waals surface area contributed by atoms with Crippen LogP contribution in [0.15, 0.2) is 0 Å². The largest absolute Gasteiger partial charge is 0.468 e. The number of likely N-dealkylation sites (tertiary alicyclic amines) is 1. The zero-order chi connectivity index (χ0) is 12.5. The third-order valence-electron chi connectivity index (χ3n) is 2.98. The molecule has 0 saturated carbocycles. The SMILES string of the molecule is CCC[C@H]1[C@@H](C(=O)OC)C(=O)N1C(C)(C)C. The second kappa shape index (κ2) is 4.44. The zero-order valence-corrected chi connectivity index (χ0v) is 10.7. The first-order valence-electron chi connectivity index (χ1n) is 5.75. The van der Waals surface area contributed by atoms with Gasteiger partial charge in [-0.05, 0) is 27.2 Å². The average molecular weight is 227 g/mol. The molecule has 0 unspecified atom stereocenters. The van der Waals surface area contributed by atoms with Gasteiger partial charge in [0.15, 0.2) is 5.92 Å². The minimum absolute atomic E-state index is 0.00458. The van der Waals surface area contributed by atoms with Crippen molar-refractivity contribution in [2.45, 2.75) is 52.1 Å². The van der Waals surface area contributed by atoms with Gasteiger partial charge in [-0.25, -0.2) is 0 Å². The summed E-state index contributed by atoms with van der Waals surface area (Å²) < 4.78 is 4.68. The molecule has 1 fully saturated rings. The first kappa shape index (κ1) is 13.0. The van der Waals surface area contributed by atoms with Crippen LogP contribution in [0.5, 0.6) is 0 Å². The molecule has 0 radical (unpaired) electrons. The smallest absolute Gasteiger partial charge is 0.320 e. The molecule has 4 heteroatoms. The van der Waals surface area contributed by atoms with E-state index in [0.29, 0.717) is 0 Å². The molecule has 1 rings (SSSR count). The number of carbonyl (C=O) groups excluding carboxylic acids is 2. The van der Waals surface area contributed by atoms with Crippen LogP contribution in [0.3, 0.4) is 0 Å². The first-order chi connectivity index (χ1) is 7.34. The van der Waals surface area contributed by atoms with Gasteiger partial charge in [-0.1, -0.05) is 13.3 Å². The van der Waals surface area contributed by atoms with Gasteiger partial charge in [-0.3, -0.25) is 9.59 Å². The number of carbonyl (C=O) groups is 2. The van der Waals surface area contributed by atoms with E-state index in [4.69, 9.17) is 0 Å². The van der Waals surface area contributed by atoms with Crippen molar-refractivity contribution >= 4 is 11.9 Å². The summed E-state index contributed by atoms with van der Waals surface area (Å²) >= 11 is 0. The van der Waals surface area contributed by atoms with Crippen molar-refractivity contribution in [1.29, 1.82) is 0 Å². The Kier molecular flexibility index (Phi) is 3.61. The second-order valence-electron chi connectivity index (χ2n) is 5.24. The van der Waals surface area contributed by atoms with Crippen molar-refractivity contribution in [3.05, 3.63) is 0 Å². The van der Waals surface area contributed by atoms with E-state index in [1.807, 2.05) is 20.8 Å². The number of amides is 1. The van der Waals surface area contributed by atoms with Crippen molar-refractivity contribution in [2.24, 2.45) is 5.92 Å². The molecular formula is C12H21NO3. The van der Waals surface area contributed by atoms with Gasteiger partial charge in [-0.15, -0.1) is 0 Å². The standard InChI is InChI=1S/C12H21NO3/c1-6-7-8-9(11(15)16-5)10(14)13(8)12(2,3)4/h8-9H,6-7H2,1-5H3/t8-,9+/m0/s1. The van der Waals surface area contributed by atoms with Gasteiger partial charge >= 0.3 is 5.97 Å². The second-order valence-corrected chi connectivity index (χ2v) is 5.24. The topological polar surface area (TPSA) is 46.6 Å². The van der Waals surface area contributed by atoms with E-state index >= 15 is 0 Å². The number of hydrogen-bond acceptors (Lipinski definition) is 3. The fourth-order valence-corrected chi connectivity index (χ4v) is 2.35. The van der Waals surface area contributed by atoms with Crippen LogP contribution >= 0.6 is 0 Å². The predicted octanol–water partition coefficient (Wildman–Crippen LogP) is 1.58. The van der Waals surface area contributed by atoms with E-state index in [1.54, 1.807) is 4.90 Å². The number of hydrogen-bond donors (Lipinski definition) is 0. The summed E-state index contributed by atoms with van der Waals surface area (Å²) in [6.07, 6.45) is 1.81. The number of rotatable bonds is 3. The van der Waals surface area contributed by atoms with E-state index in [2.05, 4.69) is 11.7 Å². The van der Waals surface area contributed by atoms with Gasteiger partial charge in [0.2, 0.25) is 5.91 Å². The van der Waals surface area contributed by atoms with Crippen LogP contribution in [0.25, 0.3) is 0 Å². The lowest BCUT2D eigenvalue weighted by Crippen LogP contribution is -2.69. The van der Waals surface area contributed by atoms with E-state index in [-0.39, 0.29) is 17.5 Å². The maximum atomic E-state index is 11.9. The summed E-state index contributed by atoms with van der Waals surface area (Å²) in [5.41, 5.74) is -0.221. The van der Waals surface area contributed by atoms with E-state index in [0.717, 1.165) is 12.8 Å². The van der Waals surface area contributed by atoms with Crippen LogP contribution in [-0.4, -0.2) is 35.5 Å². The molecular weight excluding hydrogens is 206 g/mol. The molecule has 0 spiro atoms. The third kappa shape index (κ3) is 2.06. The Hall–Kier alpha value is -1.06. The highest BCUT2D eigenvalue weighted by Gasteiger charge is 2.55. The van der Waals surface area contributed by atoms with Crippen LogP contribution in [0.4, 0.5) is 0 Å². The molecule has 0 N–H and O–H groups in total. The van der Waals surface area contributed by atoms with Crippen molar-refractivity contribution in [3.8, 4) is 0 Å². The molecule has 1 amide bonds. The van der Waals surface area contributed by atoms with Gasteiger partial charge in [0.25, 0.3) is 0 Å². The summed E-state index contributed by atoms with van der Waals surface area (Å²) in [5, 5.41) is 0. The van der Waals surface area contributed by atoms with Gasteiger partial charge in [0, 0.05) is 5.54 Å². The molecule has 0 aromatic carbocycles. The van der Waals surface area contributed by atoms with Gasteiger partial charge in [-0.2, -0.15) is 0 Å². The van der Waals surface area contributed by atoms with Crippen LogP contribution < -0.4 is 0 Å². The summed E-state index contributed by atoms with van der Waals surface area (Å²) in [7, 11) is 1.33. The number of β-lactam (4-membered cyclic amide) rings is 1. The maximum absolute atomic E-state index is 11.9. The molecule has 4 nitrogen and oxygen atoms in total. The van der Waals surface area contributed by atoms with Crippen LogP contribution in [-0.2, 0) is 14.3 Å². The molecule has 2 atom stereocenters. The molecule has 0 bridgehead atoms. The molecule has 0 aromatic heterocycles.